The van der Waals surface area contributed by atoms with E-state index in [9.17, 15) is 5.26 Å². The first kappa shape index (κ1) is 54.6. The Balaban J connectivity index is 0.809. The zero-order valence-corrected chi connectivity index (χ0v) is 51.9. The Hall–Kier alpha value is -13.2. The average molecular weight is 1220 g/mol. The van der Waals surface area contributed by atoms with Crippen molar-refractivity contribution >= 4 is 87.2 Å². The number of para-hydroxylation sites is 6. The quantitative estimate of drug-likeness (QED) is 0.137. The van der Waals surface area contributed by atoms with E-state index in [0.717, 1.165) is 128 Å². The molecule has 0 amide bonds. The molecule has 5 heterocycles. The number of nitriles is 1. The molecule has 0 saturated carbocycles. The maximum atomic E-state index is 9.53. The highest BCUT2D eigenvalue weighted by Crippen LogP contribution is 2.43. The van der Waals surface area contributed by atoms with E-state index >= 15 is 0 Å². The molecule has 0 saturated heterocycles. The summed E-state index contributed by atoms with van der Waals surface area (Å²) in [5.41, 5.74) is 25.1. The predicted octanol–water partition coefficient (Wildman–Crippen LogP) is 22.7. The van der Waals surface area contributed by atoms with Crippen molar-refractivity contribution in [2.75, 3.05) is 0 Å². The lowest BCUT2D eigenvalue weighted by atomic mass is 10.0. The lowest BCUT2D eigenvalue weighted by Gasteiger charge is -2.17. The molecular formula is C89H55N7. The van der Waals surface area contributed by atoms with Crippen LogP contribution in [0.1, 0.15) is 5.56 Å². The number of hydrogen-bond acceptors (Lipinski definition) is 3. The summed E-state index contributed by atoms with van der Waals surface area (Å²) in [5, 5.41) is 19.1. The van der Waals surface area contributed by atoms with Gasteiger partial charge in [-0.2, -0.15) is 5.26 Å². The second-order valence-electron chi connectivity index (χ2n) is 24.8. The second kappa shape index (κ2) is 22.0. The largest absolute Gasteiger partial charge is 0.309 e. The average Bonchev–Trinajstić information content (AvgIpc) is 1.60. The molecule has 0 fully saturated rings. The molecule has 0 aliphatic carbocycles. The molecule has 19 aromatic rings. The number of nitrogens with zero attached hydrogens (tertiary/aromatic N) is 7. The highest BCUT2D eigenvalue weighted by atomic mass is 15.0. The smallest absolute Gasteiger partial charge is 0.160 e. The Bertz CT molecular complexity index is 6070. The van der Waals surface area contributed by atoms with Crippen LogP contribution in [0.25, 0.3) is 177 Å². The summed E-state index contributed by atoms with van der Waals surface area (Å²) in [6, 6.07) is 122. The van der Waals surface area contributed by atoms with E-state index in [-0.39, 0.29) is 0 Å². The second-order valence-corrected chi connectivity index (χ2v) is 24.8. The number of rotatable bonds is 10. The first-order valence-electron chi connectivity index (χ1n) is 32.5. The minimum Gasteiger partial charge on any atom is -0.309 e. The van der Waals surface area contributed by atoms with Gasteiger partial charge in [0.1, 0.15) is 0 Å². The molecule has 5 aromatic heterocycles. The van der Waals surface area contributed by atoms with Crippen LogP contribution in [0.15, 0.2) is 334 Å². The topological polar surface area (TPSA) is 69.3 Å². The lowest BCUT2D eigenvalue weighted by molar-refractivity contribution is 1.13. The van der Waals surface area contributed by atoms with Crippen LogP contribution in [-0.2, 0) is 0 Å². The van der Waals surface area contributed by atoms with Crippen molar-refractivity contribution in [3.63, 3.8) is 0 Å². The van der Waals surface area contributed by atoms with E-state index in [1.165, 1.54) is 43.6 Å². The molecule has 0 aliphatic rings. The lowest BCUT2D eigenvalue weighted by Crippen LogP contribution is -2.02. The van der Waals surface area contributed by atoms with Gasteiger partial charge in [-0.3, -0.25) is 0 Å². The van der Waals surface area contributed by atoms with Gasteiger partial charge in [-0.15, -0.1) is 0 Å². The first-order chi connectivity index (χ1) is 47.5. The van der Waals surface area contributed by atoms with Crippen molar-refractivity contribution < 1.29 is 0 Å². The fourth-order valence-corrected chi connectivity index (χ4v) is 14.9. The molecule has 0 atom stereocenters. The van der Waals surface area contributed by atoms with Crippen molar-refractivity contribution in [1.82, 2.24) is 28.2 Å². The molecule has 0 N–H and O–H groups in total. The molecule has 0 unspecified atom stereocenters. The van der Waals surface area contributed by atoms with Crippen molar-refractivity contribution in [3.05, 3.63) is 339 Å². The summed E-state index contributed by atoms with van der Waals surface area (Å²) >= 11 is 0. The van der Waals surface area contributed by atoms with Crippen LogP contribution in [0.3, 0.4) is 0 Å². The van der Waals surface area contributed by atoms with Gasteiger partial charge in [0.25, 0.3) is 0 Å². The maximum Gasteiger partial charge on any atom is 0.160 e. The molecular weight excluding hydrogens is 1170 g/mol. The van der Waals surface area contributed by atoms with E-state index < -0.39 is 0 Å². The monoisotopic (exact) mass is 1220 g/mol. The molecule has 14 aromatic carbocycles. The SMILES string of the molecule is N#Cc1ccc(-c2ccc(-c3nc(-c4ccccc4)cc(-c4cc(-n5c6ccccc6c6cc(-c7ccc8c(c7)c7ccccc7n8-c7ccccc7)ccc65)cc(-n5c6ccccc6c6cc(-c7ccc8c(c7)c7ccccc7n8-c7ccccc7)ccc65)c4)n3)cc2)cc1. The zero-order valence-electron chi connectivity index (χ0n) is 51.9. The summed E-state index contributed by atoms with van der Waals surface area (Å²) in [5.74, 6) is 0.615. The van der Waals surface area contributed by atoms with Crippen LogP contribution >= 0.6 is 0 Å². The van der Waals surface area contributed by atoms with E-state index in [1.807, 2.05) is 30.3 Å². The van der Waals surface area contributed by atoms with E-state index in [1.54, 1.807) is 0 Å². The van der Waals surface area contributed by atoms with Crippen LogP contribution in [0.5, 0.6) is 0 Å². The number of aromatic nitrogens is 6. The number of hydrogen-bond donors (Lipinski definition) is 0. The van der Waals surface area contributed by atoms with Crippen molar-refractivity contribution in [3.8, 4) is 96.1 Å². The summed E-state index contributed by atoms with van der Waals surface area (Å²) in [6.07, 6.45) is 0. The first-order valence-corrected chi connectivity index (χ1v) is 32.5. The summed E-state index contributed by atoms with van der Waals surface area (Å²) < 4.78 is 9.63. The molecule has 0 bridgehead atoms. The minimum absolute atomic E-state index is 0.615. The van der Waals surface area contributed by atoms with E-state index in [0.29, 0.717) is 11.4 Å². The van der Waals surface area contributed by atoms with E-state index in [2.05, 4.69) is 328 Å². The molecule has 7 heteroatoms. The van der Waals surface area contributed by atoms with Gasteiger partial charge in [-0.1, -0.05) is 200 Å². The molecule has 96 heavy (non-hydrogen) atoms. The Morgan fingerprint density at radius 1 is 0.208 bits per heavy atom. The Kier molecular flexibility index (Phi) is 12.5. The molecule has 0 aliphatic heterocycles. The molecule has 7 nitrogen and oxygen atoms in total. The molecule has 19 rings (SSSR count). The maximum absolute atomic E-state index is 9.53. The number of benzene rings is 14. The van der Waals surface area contributed by atoms with Crippen LogP contribution in [0, 0.1) is 11.3 Å². The van der Waals surface area contributed by atoms with Gasteiger partial charge in [-0.05, 0) is 167 Å². The minimum atomic E-state index is 0.615. The third-order valence-electron chi connectivity index (χ3n) is 19.4. The van der Waals surface area contributed by atoms with Crippen LogP contribution < -0.4 is 0 Å². The Morgan fingerprint density at radius 2 is 0.510 bits per heavy atom. The van der Waals surface area contributed by atoms with Crippen molar-refractivity contribution in [2.45, 2.75) is 0 Å². The van der Waals surface area contributed by atoms with E-state index in [4.69, 9.17) is 9.97 Å². The fourth-order valence-electron chi connectivity index (χ4n) is 14.9. The van der Waals surface area contributed by atoms with Gasteiger partial charge < -0.3 is 18.3 Å². The molecule has 446 valence electrons. The van der Waals surface area contributed by atoms with Crippen molar-refractivity contribution in [2.24, 2.45) is 0 Å². The molecule has 0 spiro atoms. The zero-order chi connectivity index (χ0) is 63.4. The highest BCUT2D eigenvalue weighted by Gasteiger charge is 2.22. The van der Waals surface area contributed by atoms with Gasteiger partial charge in [-0.25, -0.2) is 9.97 Å². The van der Waals surface area contributed by atoms with Crippen LogP contribution in [-0.4, -0.2) is 28.2 Å². The van der Waals surface area contributed by atoms with Crippen LogP contribution in [0.4, 0.5) is 0 Å². The standard InChI is InChI=1S/C89H55N7/c90-56-57-32-34-58(35-33-57)59-36-38-61(39-37-59)89-91-79(60-18-4-1-5-19-60)55-80(92-89)66-48-69(95-83-30-16-12-26-73(83)77-52-64(42-46-87(77)95)62-40-44-85-75(50-62)71-24-10-14-28-81(71)93(85)67-20-6-2-7-21-67)54-70(49-66)96-84-31-17-13-27-74(84)78-53-65(43-47-88(78)96)63-41-45-86-76(51-63)72-25-11-15-29-82(72)94(86)68-22-8-3-9-23-68/h1-55H. The van der Waals surface area contributed by atoms with Gasteiger partial charge in [0, 0.05) is 82.5 Å². The third kappa shape index (κ3) is 8.89. The Morgan fingerprint density at radius 3 is 0.896 bits per heavy atom. The summed E-state index contributed by atoms with van der Waals surface area (Å²) in [6.45, 7) is 0. The Labute approximate surface area is 552 Å². The predicted molar refractivity (Wildman–Crippen MR) is 397 cm³/mol. The molecule has 0 radical (unpaired) electrons. The van der Waals surface area contributed by atoms with Crippen molar-refractivity contribution in [1.29, 1.82) is 5.26 Å². The van der Waals surface area contributed by atoms with Gasteiger partial charge in [0.05, 0.1) is 67.2 Å². The highest BCUT2D eigenvalue weighted by molar-refractivity contribution is 6.15. The van der Waals surface area contributed by atoms with Gasteiger partial charge in [0.15, 0.2) is 5.82 Å². The fraction of sp³-hybridized carbons (Fsp3) is 0. The normalized spacial score (nSPS) is 11.7. The van der Waals surface area contributed by atoms with Crippen LogP contribution in [0.2, 0.25) is 0 Å². The van der Waals surface area contributed by atoms with Gasteiger partial charge in [0.2, 0.25) is 0 Å². The summed E-state index contributed by atoms with van der Waals surface area (Å²) in [7, 11) is 0. The third-order valence-corrected chi connectivity index (χ3v) is 19.4. The number of fused-ring (bicyclic) bond motifs is 12. The van der Waals surface area contributed by atoms with Gasteiger partial charge >= 0.3 is 0 Å². The summed E-state index contributed by atoms with van der Waals surface area (Å²) in [4.78, 5) is 10.9.